The number of amides is 1. The molecule has 0 aromatic carbocycles. The standard InChI is InChI=1S/C15H23N3O/c1-10-13(11(2)17-16-10)9-15(19)18-8-7-12-5-3-4-6-14(12)18/h12,14H,3-9H2,1-2H3,(H,16,17)/t12-,14-/m0/s1. The Labute approximate surface area is 114 Å². The summed E-state index contributed by atoms with van der Waals surface area (Å²) in [6, 6.07) is 0.522. The lowest BCUT2D eigenvalue weighted by Crippen LogP contribution is -2.40. The first-order valence-corrected chi connectivity index (χ1v) is 7.46. The van der Waals surface area contributed by atoms with Crippen LogP contribution >= 0.6 is 0 Å². The van der Waals surface area contributed by atoms with Gasteiger partial charge in [-0.3, -0.25) is 9.89 Å². The molecule has 4 nitrogen and oxygen atoms in total. The van der Waals surface area contributed by atoms with Gasteiger partial charge in [-0.25, -0.2) is 0 Å². The van der Waals surface area contributed by atoms with E-state index in [1.165, 1.54) is 32.1 Å². The lowest BCUT2D eigenvalue weighted by Gasteiger charge is -2.31. The summed E-state index contributed by atoms with van der Waals surface area (Å²) in [5.41, 5.74) is 3.08. The van der Waals surface area contributed by atoms with Crippen molar-refractivity contribution in [2.24, 2.45) is 5.92 Å². The number of hydrogen-bond donors (Lipinski definition) is 1. The summed E-state index contributed by atoms with van der Waals surface area (Å²) in [7, 11) is 0. The Bertz CT molecular complexity index is 460. The van der Waals surface area contributed by atoms with E-state index in [2.05, 4.69) is 15.1 Å². The quantitative estimate of drug-likeness (QED) is 0.888. The van der Waals surface area contributed by atoms with Gasteiger partial charge in [-0.2, -0.15) is 5.10 Å². The van der Waals surface area contributed by atoms with Gasteiger partial charge in [0.1, 0.15) is 0 Å². The highest BCUT2D eigenvalue weighted by atomic mass is 16.2. The van der Waals surface area contributed by atoms with E-state index in [9.17, 15) is 4.79 Å². The maximum Gasteiger partial charge on any atom is 0.227 e. The van der Waals surface area contributed by atoms with Crippen LogP contribution in [0.2, 0.25) is 0 Å². The van der Waals surface area contributed by atoms with Crippen molar-refractivity contribution in [3.05, 3.63) is 17.0 Å². The number of nitrogens with one attached hydrogen (secondary N) is 1. The number of carbonyl (C=O) groups is 1. The molecule has 1 amide bonds. The van der Waals surface area contributed by atoms with Crippen molar-refractivity contribution in [3.8, 4) is 0 Å². The van der Waals surface area contributed by atoms with Gasteiger partial charge in [-0.1, -0.05) is 12.8 Å². The molecular formula is C15H23N3O. The number of hydrogen-bond acceptors (Lipinski definition) is 2. The summed E-state index contributed by atoms with van der Waals surface area (Å²) in [6.45, 7) is 4.93. The highest BCUT2D eigenvalue weighted by molar-refractivity contribution is 5.80. The van der Waals surface area contributed by atoms with Crippen LogP contribution in [0.25, 0.3) is 0 Å². The number of aryl methyl sites for hydroxylation is 2. The van der Waals surface area contributed by atoms with Crippen molar-refractivity contribution in [3.63, 3.8) is 0 Å². The van der Waals surface area contributed by atoms with E-state index in [-0.39, 0.29) is 0 Å². The fraction of sp³-hybridized carbons (Fsp3) is 0.733. The zero-order valence-corrected chi connectivity index (χ0v) is 11.9. The number of nitrogens with zero attached hydrogens (tertiary/aromatic N) is 2. The highest BCUT2D eigenvalue weighted by Gasteiger charge is 2.38. The molecule has 1 aromatic heterocycles. The molecule has 2 heterocycles. The summed E-state index contributed by atoms with van der Waals surface area (Å²) < 4.78 is 0. The number of carbonyl (C=O) groups excluding carboxylic acids is 1. The lowest BCUT2D eigenvalue weighted by molar-refractivity contribution is -0.132. The molecule has 19 heavy (non-hydrogen) atoms. The van der Waals surface area contributed by atoms with Crippen LogP contribution in [0.1, 0.15) is 49.1 Å². The Morgan fingerprint density at radius 3 is 2.84 bits per heavy atom. The SMILES string of the molecule is Cc1n[nH]c(C)c1CC(=O)N1CC[C@@H]2CCCC[C@@H]21. The van der Waals surface area contributed by atoms with Gasteiger partial charge in [-0.05, 0) is 39.0 Å². The molecule has 4 heteroatoms. The van der Waals surface area contributed by atoms with Gasteiger partial charge < -0.3 is 4.90 Å². The minimum absolute atomic E-state index is 0.294. The molecule has 2 atom stereocenters. The molecule has 0 unspecified atom stereocenters. The molecule has 1 N–H and O–H groups in total. The number of aromatic nitrogens is 2. The molecular weight excluding hydrogens is 238 g/mol. The van der Waals surface area contributed by atoms with E-state index in [1.54, 1.807) is 0 Å². The van der Waals surface area contributed by atoms with Crippen LogP contribution < -0.4 is 0 Å². The zero-order chi connectivity index (χ0) is 13.4. The summed E-state index contributed by atoms with van der Waals surface area (Å²) >= 11 is 0. The van der Waals surface area contributed by atoms with Gasteiger partial charge in [-0.15, -0.1) is 0 Å². The highest BCUT2D eigenvalue weighted by Crippen LogP contribution is 2.36. The van der Waals surface area contributed by atoms with Crippen LogP contribution in [-0.2, 0) is 11.2 Å². The van der Waals surface area contributed by atoms with Crippen LogP contribution in [0, 0.1) is 19.8 Å². The molecule has 0 bridgehead atoms. The monoisotopic (exact) mass is 261 g/mol. The molecule has 2 aliphatic rings. The largest absolute Gasteiger partial charge is 0.339 e. The van der Waals surface area contributed by atoms with Crippen LogP contribution in [0.3, 0.4) is 0 Å². The minimum atomic E-state index is 0.294. The third-order valence-electron chi connectivity index (χ3n) is 4.94. The Kier molecular flexibility index (Phi) is 3.33. The number of fused-ring (bicyclic) bond motifs is 1. The van der Waals surface area contributed by atoms with Crippen LogP contribution in [-0.4, -0.2) is 33.6 Å². The van der Waals surface area contributed by atoms with Gasteiger partial charge in [0.2, 0.25) is 5.91 Å². The molecule has 1 aromatic rings. The average Bonchev–Trinajstić information content (AvgIpc) is 2.97. The van der Waals surface area contributed by atoms with E-state index in [4.69, 9.17) is 0 Å². The predicted molar refractivity (Wildman–Crippen MR) is 73.8 cm³/mol. The Morgan fingerprint density at radius 2 is 2.11 bits per heavy atom. The zero-order valence-electron chi connectivity index (χ0n) is 11.9. The molecule has 0 radical (unpaired) electrons. The fourth-order valence-electron chi connectivity index (χ4n) is 3.80. The normalized spacial score (nSPS) is 26.5. The Balaban J connectivity index is 1.71. The summed E-state index contributed by atoms with van der Waals surface area (Å²) in [5.74, 6) is 1.06. The third kappa shape index (κ3) is 2.28. The second-order valence-electron chi connectivity index (χ2n) is 6.08. The van der Waals surface area contributed by atoms with Crippen molar-refractivity contribution in [1.29, 1.82) is 0 Å². The predicted octanol–water partition coefficient (Wildman–Crippen LogP) is 2.36. The van der Waals surface area contributed by atoms with Gasteiger partial charge >= 0.3 is 0 Å². The molecule has 1 saturated heterocycles. The third-order valence-corrected chi connectivity index (χ3v) is 4.94. The van der Waals surface area contributed by atoms with Crippen molar-refractivity contribution < 1.29 is 4.79 Å². The first-order valence-electron chi connectivity index (χ1n) is 7.46. The Morgan fingerprint density at radius 1 is 1.32 bits per heavy atom. The van der Waals surface area contributed by atoms with Gasteiger partial charge in [0.15, 0.2) is 0 Å². The van der Waals surface area contributed by atoms with Crippen LogP contribution in [0.4, 0.5) is 0 Å². The first-order chi connectivity index (χ1) is 9.16. The van der Waals surface area contributed by atoms with Gasteiger partial charge in [0.25, 0.3) is 0 Å². The van der Waals surface area contributed by atoms with Crippen molar-refractivity contribution in [1.82, 2.24) is 15.1 Å². The van der Waals surface area contributed by atoms with Gasteiger partial charge in [0.05, 0.1) is 12.1 Å². The maximum atomic E-state index is 12.6. The van der Waals surface area contributed by atoms with Crippen molar-refractivity contribution in [2.75, 3.05) is 6.54 Å². The minimum Gasteiger partial charge on any atom is -0.339 e. The van der Waals surface area contributed by atoms with Crippen LogP contribution in [0.15, 0.2) is 0 Å². The molecule has 0 spiro atoms. The van der Waals surface area contributed by atoms with Crippen molar-refractivity contribution >= 4 is 5.91 Å². The van der Waals surface area contributed by atoms with E-state index >= 15 is 0 Å². The molecule has 2 fully saturated rings. The van der Waals surface area contributed by atoms with E-state index in [0.29, 0.717) is 18.4 Å². The molecule has 1 aliphatic carbocycles. The molecule has 1 saturated carbocycles. The van der Waals surface area contributed by atoms with E-state index < -0.39 is 0 Å². The number of likely N-dealkylation sites (tertiary alicyclic amines) is 1. The van der Waals surface area contributed by atoms with E-state index in [0.717, 1.165) is 29.4 Å². The fourth-order valence-corrected chi connectivity index (χ4v) is 3.80. The molecule has 104 valence electrons. The second-order valence-corrected chi connectivity index (χ2v) is 6.08. The summed E-state index contributed by atoms with van der Waals surface area (Å²) in [6.07, 6.45) is 6.88. The van der Waals surface area contributed by atoms with Gasteiger partial charge in [0, 0.05) is 23.8 Å². The second kappa shape index (κ2) is 4.99. The lowest BCUT2D eigenvalue weighted by atomic mass is 9.85. The number of H-pyrrole nitrogens is 1. The maximum absolute atomic E-state index is 12.6. The molecule has 3 rings (SSSR count). The molecule has 1 aliphatic heterocycles. The van der Waals surface area contributed by atoms with Crippen molar-refractivity contribution in [2.45, 2.75) is 58.4 Å². The smallest absolute Gasteiger partial charge is 0.227 e. The summed E-state index contributed by atoms with van der Waals surface area (Å²) in [4.78, 5) is 14.7. The van der Waals surface area contributed by atoms with E-state index in [1.807, 2.05) is 13.8 Å². The average molecular weight is 261 g/mol. The number of aromatic amines is 1. The first kappa shape index (κ1) is 12.7. The Hall–Kier alpha value is -1.32. The van der Waals surface area contributed by atoms with Crippen LogP contribution in [0.5, 0.6) is 0 Å². The topological polar surface area (TPSA) is 49.0 Å². The number of rotatable bonds is 2. The summed E-state index contributed by atoms with van der Waals surface area (Å²) in [5, 5.41) is 7.15.